The Kier molecular flexibility index (Phi) is 3.90. The number of nitrogens with zero attached hydrogens (tertiary/aromatic N) is 3. The topological polar surface area (TPSA) is 75.9 Å². The lowest BCUT2D eigenvalue weighted by Crippen LogP contribution is -2.55. The Morgan fingerprint density at radius 2 is 2.23 bits per heavy atom. The van der Waals surface area contributed by atoms with Crippen LogP contribution < -0.4 is 0 Å². The molecule has 2 atom stereocenters. The van der Waals surface area contributed by atoms with Crippen LogP contribution in [0.2, 0.25) is 0 Å². The molecule has 0 aliphatic carbocycles. The minimum Gasteiger partial charge on any atom is -0.364 e. The fraction of sp³-hybridized carbons (Fsp3) is 0.667. The van der Waals surface area contributed by atoms with E-state index in [-0.39, 0.29) is 30.6 Å². The van der Waals surface area contributed by atoms with Crippen LogP contribution in [-0.4, -0.2) is 65.2 Å². The standard InChI is InChI=1S/C15H21N3O4/c1-9(2)5-18-12-6-17(7-13(12)21-8-14(18)19)15(20)11-4-10(3)22-16-11/h4,9,12-13H,5-8H2,1-3H3/t12-,13+/m0/s1. The zero-order chi connectivity index (χ0) is 15.9. The summed E-state index contributed by atoms with van der Waals surface area (Å²) in [4.78, 5) is 28.1. The molecule has 0 unspecified atom stereocenters. The molecule has 7 heteroatoms. The van der Waals surface area contributed by atoms with Crippen molar-refractivity contribution in [2.75, 3.05) is 26.2 Å². The van der Waals surface area contributed by atoms with Gasteiger partial charge in [-0.25, -0.2) is 0 Å². The molecule has 3 rings (SSSR count). The van der Waals surface area contributed by atoms with Crippen LogP contribution >= 0.6 is 0 Å². The van der Waals surface area contributed by atoms with Gasteiger partial charge in [-0.1, -0.05) is 19.0 Å². The lowest BCUT2D eigenvalue weighted by atomic mass is 10.1. The van der Waals surface area contributed by atoms with Crippen molar-refractivity contribution in [2.24, 2.45) is 5.92 Å². The number of aromatic nitrogens is 1. The Balaban J connectivity index is 1.74. The van der Waals surface area contributed by atoms with Crippen LogP contribution in [0.25, 0.3) is 0 Å². The van der Waals surface area contributed by atoms with Gasteiger partial charge in [0.1, 0.15) is 12.4 Å². The van der Waals surface area contributed by atoms with E-state index in [0.717, 1.165) is 0 Å². The first-order chi connectivity index (χ1) is 10.5. The van der Waals surface area contributed by atoms with Crippen LogP contribution in [0.3, 0.4) is 0 Å². The average Bonchev–Trinajstić information content (AvgIpc) is 3.07. The number of ether oxygens (including phenoxy) is 1. The molecule has 0 bridgehead atoms. The summed E-state index contributed by atoms with van der Waals surface area (Å²) in [6, 6.07) is 1.56. The van der Waals surface area contributed by atoms with E-state index in [4.69, 9.17) is 9.26 Å². The SMILES string of the molecule is Cc1cc(C(=O)N2C[C@H]3OCC(=O)N(CC(C)C)[C@H]3C2)no1. The summed E-state index contributed by atoms with van der Waals surface area (Å²) < 4.78 is 10.6. The number of likely N-dealkylation sites (tertiary alicyclic amines) is 1. The molecule has 0 radical (unpaired) electrons. The highest BCUT2D eigenvalue weighted by Crippen LogP contribution is 2.25. The quantitative estimate of drug-likeness (QED) is 0.821. The van der Waals surface area contributed by atoms with Gasteiger partial charge >= 0.3 is 0 Å². The van der Waals surface area contributed by atoms with Crippen LogP contribution in [0.15, 0.2) is 10.6 Å². The van der Waals surface area contributed by atoms with Crippen molar-refractivity contribution in [3.63, 3.8) is 0 Å². The van der Waals surface area contributed by atoms with Crippen molar-refractivity contribution in [3.05, 3.63) is 17.5 Å². The number of hydrogen-bond donors (Lipinski definition) is 0. The number of aryl methyl sites for hydroxylation is 1. The molecule has 120 valence electrons. The zero-order valence-electron chi connectivity index (χ0n) is 13.1. The highest BCUT2D eigenvalue weighted by atomic mass is 16.5. The summed E-state index contributed by atoms with van der Waals surface area (Å²) >= 11 is 0. The van der Waals surface area contributed by atoms with Gasteiger partial charge < -0.3 is 19.1 Å². The number of carbonyl (C=O) groups is 2. The molecule has 7 nitrogen and oxygen atoms in total. The number of rotatable bonds is 3. The summed E-state index contributed by atoms with van der Waals surface area (Å²) in [7, 11) is 0. The minimum absolute atomic E-state index is 0.00142. The lowest BCUT2D eigenvalue weighted by molar-refractivity contribution is -0.153. The molecule has 3 heterocycles. The smallest absolute Gasteiger partial charge is 0.276 e. The summed E-state index contributed by atoms with van der Waals surface area (Å²) in [5.74, 6) is 0.812. The Labute approximate surface area is 129 Å². The third-order valence-corrected chi connectivity index (χ3v) is 4.07. The number of hydrogen-bond acceptors (Lipinski definition) is 5. The van der Waals surface area contributed by atoms with E-state index in [1.54, 1.807) is 17.9 Å². The van der Waals surface area contributed by atoms with Gasteiger partial charge in [0.05, 0.1) is 12.1 Å². The molecule has 1 aromatic heterocycles. The Hall–Kier alpha value is -1.89. The number of fused-ring (bicyclic) bond motifs is 1. The summed E-state index contributed by atoms with van der Waals surface area (Å²) in [6.07, 6.45) is -0.117. The Morgan fingerprint density at radius 1 is 1.45 bits per heavy atom. The van der Waals surface area contributed by atoms with E-state index in [2.05, 4.69) is 19.0 Å². The molecule has 2 amide bonds. The first kappa shape index (κ1) is 15.0. The number of morpholine rings is 1. The second kappa shape index (κ2) is 5.72. The molecule has 1 aromatic rings. The molecular weight excluding hydrogens is 286 g/mol. The lowest BCUT2D eigenvalue weighted by Gasteiger charge is -2.37. The maximum Gasteiger partial charge on any atom is 0.276 e. The molecule has 2 fully saturated rings. The highest BCUT2D eigenvalue weighted by molar-refractivity contribution is 5.92. The monoisotopic (exact) mass is 307 g/mol. The molecule has 0 saturated carbocycles. The van der Waals surface area contributed by atoms with Crippen LogP contribution in [0.5, 0.6) is 0 Å². The van der Waals surface area contributed by atoms with E-state index in [1.165, 1.54) is 0 Å². The molecule has 2 aliphatic heterocycles. The van der Waals surface area contributed by atoms with Gasteiger partial charge in [0.15, 0.2) is 5.69 Å². The summed E-state index contributed by atoms with van der Waals surface area (Å²) in [6.45, 7) is 7.65. The molecular formula is C15H21N3O4. The average molecular weight is 307 g/mol. The van der Waals surface area contributed by atoms with Gasteiger partial charge in [0.25, 0.3) is 5.91 Å². The van der Waals surface area contributed by atoms with Crippen LogP contribution in [0.4, 0.5) is 0 Å². The molecule has 0 spiro atoms. The summed E-state index contributed by atoms with van der Waals surface area (Å²) in [5, 5.41) is 3.77. The minimum atomic E-state index is -0.174. The van der Waals surface area contributed by atoms with Gasteiger partial charge in [-0.05, 0) is 12.8 Å². The maximum atomic E-state index is 12.5. The van der Waals surface area contributed by atoms with E-state index in [9.17, 15) is 9.59 Å². The molecule has 0 N–H and O–H groups in total. The van der Waals surface area contributed by atoms with Crippen LogP contribution in [-0.2, 0) is 9.53 Å². The van der Waals surface area contributed by atoms with Crippen molar-refractivity contribution in [3.8, 4) is 0 Å². The fourth-order valence-electron chi connectivity index (χ4n) is 3.09. The largest absolute Gasteiger partial charge is 0.364 e. The van der Waals surface area contributed by atoms with Gasteiger partial charge in [-0.15, -0.1) is 0 Å². The maximum absolute atomic E-state index is 12.5. The molecule has 2 aliphatic rings. The number of amides is 2. The predicted molar refractivity (Wildman–Crippen MR) is 77.2 cm³/mol. The van der Waals surface area contributed by atoms with Crippen molar-refractivity contribution >= 4 is 11.8 Å². The van der Waals surface area contributed by atoms with Crippen LogP contribution in [0, 0.1) is 12.8 Å². The van der Waals surface area contributed by atoms with Crippen LogP contribution in [0.1, 0.15) is 30.1 Å². The second-order valence-electron chi connectivity index (χ2n) is 6.39. The summed E-state index contributed by atoms with van der Waals surface area (Å²) in [5.41, 5.74) is 0.304. The Morgan fingerprint density at radius 3 is 2.86 bits per heavy atom. The zero-order valence-corrected chi connectivity index (χ0v) is 13.1. The third kappa shape index (κ3) is 2.72. The van der Waals surface area contributed by atoms with Crippen molar-refractivity contribution in [1.29, 1.82) is 0 Å². The van der Waals surface area contributed by atoms with E-state index in [0.29, 0.717) is 37.0 Å². The van der Waals surface area contributed by atoms with Gasteiger partial charge in [-0.3, -0.25) is 9.59 Å². The fourth-order valence-corrected chi connectivity index (χ4v) is 3.09. The normalized spacial score (nSPS) is 25.0. The Bertz CT molecular complexity index is 583. The van der Waals surface area contributed by atoms with Crippen molar-refractivity contribution in [1.82, 2.24) is 15.0 Å². The van der Waals surface area contributed by atoms with E-state index < -0.39 is 0 Å². The molecule has 2 saturated heterocycles. The second-order valence-corrected chi connectivity index (χ2v) is 6.39. The van der Waals surface area contributed by atoms with E-state index >= 15 is 0 Å². The predicted octanol–water partition coefficient (Wildman–Crippen LogP) is 0.691. The first-order valence-corrected chi connectivity index (χ1v) is 7.59. The number of carbonyl (C=O) groups excluding carboxylic acids is 2. The van der Waals surface area contributed by atoms with Crippen molar-refractivity contribution < 1.29 is 18.8 Å². The first-order valence-electron chi connectivity index (χ1n) is 7.59. The highest BCUT2D eigenvalue weighted by Gasteiger charge is 2.45. The molecule has 22 heavy (non-hydrogen) atoms. The molecule has 0 aromatic carbocycles. The third-order valence-electron chi connectivity index (χ3n) is 4.07. The van der Waals surface area contributed by atoms with Gasteiger partial charge in [-0.2, -0.15) is 0 Å². The van der Waals surface area contributed by atoms with Crippen molar-refractivity contribution in [2.45, 2.75) is 32.9 Å². The van der Waals surface area contributed by atoms with Gasteiger partial charge in [0, 0.05) is 25.7 Å². The van der Waals surface area contributed by atoms with E-state index in [1.807, 2.05) is 4.90 Å². The van der Waals surface area contributed by atoms with Gasteiger partial charge in [0.2, 0.25) is 5.91 Å².